The van der Waals surface area contributed by atoms with Crippen molar-refractivity contribution in [1.82, 2.24) is 29.9 Å². The summed E-state index contributed by atoms with van der Waals surface area (Å²) in [5, 5.41) is 13.3. The molecule has 5 aromatic rings. The molecule has 3 heterocycles. The lowest BCUT2D eigenvalue weighted by Gasteiger charge is -2.12. The molecule has 0 atom stereocenters. The molecule has 34 heavy (non-hydrogen) atoms. The number of halogens is 2. The fourth-order valence-electron chi connectivity index (χ4n) is 3.94. The van der Waals surface area contributed by atoms with E-state index in [1.165, 1.54) is 12.1 Å². The molecule has 0 spiro atoms. The Hall–Kier alpha value is -3.98. The molecule has 0 unspecified atom stereocenters. The third kappa shape index (κ3) is 3.73. The van der Waals surface area contributed by atoms with Gasteiger partial charge in [0.1, 0.15) is 5.82 Å². The van der Waals surface area contributed by atoms with Crippen molar-refractivity contribution in [3.63, 3.8) is 0 Å². The fraction of sp³-hybridized carbons (Fsp3) is 0.167. The van der Waals surface area contributed by atoms with Crippen LogP contribution in [0.4, 0.5) is 10.2 Å². The highest BCUT2D eigenvalue weighted by molar-refractivity contribution is 6.34. The zero-order valence-corrected chi connectivity index (χ0v) is 18.6. The van der Waals surface area contributed by atoms with Crippen molar-refractivity contribution in [2.75, 3.05) is 5.32 Å². The third-order valence-corrected chi connectivity index (χ3v) is 6.13. The van der Waals surface area contributed by atoms with Crippen LogP contribution in [0.25, 0.3) is 27.9 Å². The average Bonchev–Trinajstić information content (AvgIpc) is 3.30. The minimum absolute atomic E-state index is 0.181. The van der Waals surface area contributed by atoms with Crippen LogP contribution in [0.3, 0.4) is 0 Å². The standard InChI is InChI=1S/C24H19ClFN7O/c25-18-7-14(1-5-17(18)24(34)31-16-3-4-16)21-12-28-23-22(27-9-13-10-29-30-11-13)32-19-6-2-15(26)8-20(19)33(21)23/h1-2,5-8,10-12,16H,3-4,9H2,(H,27,32)(H,29,30)(H,31,34). The van der Waals surface area contributed by atoms with E-state index in [9.17, 15) is 9.18 Å². The fourth-order valence-corrected chi connectivity index (χ4v) is 4.20. The second kappa shape index (κ2) is 8.11. The van der Waals surface area contributed by atoms with Crippen LogP contribution in [0, 0.1) is 5.82 Å². The maximum Gasteiger partial charge on any atom is 0.253 e. The number of hydrogen-bond acceptors (Lipinski definition) is 5. The minimum atomic E-state index is -0.375. The van der Waals surface area contributed by atoms with E-state index < -0.39 is 0 Å². The number of nitrogens with one attached hydrogen (secondary N) is 3. The first-order valence-corrected chi connectivity index (χ1v) is 11.2. The van der Waals surface area contributed by atoms with Crippen molar-refractivity contribution in [3.8, 4) is 11.3 Å². The molecule has 1 aliphatic rings. The second-order valence-electron chi connectivity index (χ2n) is 8.30. The largest absolute Gasteiger partial charge is 0.363 e. The van der Waals surface area contributed by atoms with Gasteiger partial charge < -0.3 is 10.6 Å². The van der Waals surface area contributed by atoms with E-state index in [2.05, 4.69) is 30.8 Å². The summed E-state index contributed by atoms with van der Waals surface area (Å²) >= 11 is 6.49. The zero-order chi connectivity index (χ0) is 23.2. The van der Waals surface area contributed by atoms with E-state index in [0.29, 0.717) is 45.3 Å². The van der Waals surface area contributed by atoms with Crippen LogP contribution < -0.4 is 10.6 Å². The number of carbonyl (C=O) groups excluding carboxylic acids is 1. The van der Waals surface area contributed by atoms with Gasteiger partial charge in [-0.3, -0.25) is 14.3 Å². The maximum atomic E-state index is 14.2. The first kappa shape index (κ1) is 20.6. The number of rotatable bonds is 6. The summed E-state index contributed by atoms with van der Waals surface area (Å²) in [7, 11) is 0. The summed E-state index contributed by atoms with van der Waals surface area (Å²) in [6, 6.07) is 9.94. The SMILES string of the molecule is O=C(NC1CC1)c1ccc(-c2cnc3c(NCc4cn[nH]c4)nc4ccc(F)cc4n23)cc1Cl. The Kier molecular flexibility index (Phi) is 4.91. The van der Waals surface area contributed by atoms with E-state index in [1.54, 1.807) is 36.8 Å². The summed E-state index contributed by atoms with van der Waals surface area (Å²) in [6.45, 7) is 0.491. The van der Waals surface area contributed by atoms with E-state index >= 15 is 0 Å². The van der Waals surface area contributed by atoms with Gasteiger partial charge in [-0.15, -0.1) is 0 Å². The van der Waals surface area contributed by atoms with Crippen LogP contribution in [0.1, 0.15) is 28.8 Å². The summed E-state index contributed by atoms with van der Waals surface area (Å²) < 4.78 is 16.0. The van der Waals surface area contributed by atoms with Crippen LogP contribution in [0.5, 0.6) is 0 Å². The molecule has 8 nitrogen and oxygen atoms in total. The van der Waals surface area contributed by atoms with Gasteiger partial charge >= 0.3 is 0 Å². The number of hydrogen-bond donors (Lipinski definition) is 3. The van der Waals surface area contributed by atoms with Gasteiger partial charge in [0.15, 0.2) is 11.5 Å². The molecule has 1 fully saturated rings. The van der Waals surface area contributed by atoms with Crippen molar-refractivity contribution < 1.29 is 9.18 Å². The molecular formula is C24H19ClFN7O. The smallest absolute Gasteiger partial charge is 0.253 e. The highest BCUT2D eigenvalue weighted by Crippen LogP contribution is 2.31. The normalized spacial score (nSPS) is 13.5. The van der Waals surface area contributed by atoms with E-state index in [-0.39, 0.29) is 17.8 Å². The molecule has 0 radical (unpaired) electrons. The van der Waals surface area contributed by atoms with Crippen LogP contribution in [-0.2, 0) is 6.54 Å². The van der Waals surface area contributed by atoms with Gasteiger partial charge in [-0.25, -0.2) is 14.4 Å². The number of H-pyrrole nitrogens is 1. The van der Waals surface area contributed by atoms with E-state index in [4.69, 9.17) is 11.6 Å². The number of fused-ring (bicyclic) bond motifs is 3. The van der Waals surface area contributed by atoms with Crippen molar-refractivity contribution >= 4 is 40.0 Å². The zero-order valence-electron chi connectivity index (χ0n) is 17.8. The van der Waals surface area contributed by atoms with E-state index in [1.807, 2.05) is 10.5 Å². The quantitative estimate of drug-likeness (QED) is 0.334. The third-order valence-electron chi connectivity index (χ3n) is 5.82. The Labute approximate surface area is 198 Å². The molecule has 170 valence electrons. The summed E-state index contributed by atoms with van der Waals surface area (Å²) in [4.78, 5) is 21.7. The summed E-state index contributed by atoms with van der Waals surface area (Å²) in [5.74, 6) is -0.00258. The molecule has 6 rings (SSSR count). The molecular weight excluding hydrogens is 457 g/mol. The topological polar surface area (TPSA) is 100 Å². The number of anilines is 1. The molecule has 1 aliphatic carbocycles. The van der Waals surface area contributed by atoms with Gasteiger partial charge in [0.25, 0.3) is 5.91 Å². The number of aromatic amines is 1. The monoisotopic (exact) mass is 475 g/mol. The van der Waals surface area contributed by atoms with Gasteiger partial charge in [0, 0.05) is 36.0 Å². The van der Waals surface area contributed by atoms with Crippen molar-refractivity contribution in [2.24, 2.45) is 0 Å². The number of carbonyl (C=O) groups is 1. The highest BCUT2D eigenvalue weighted by Gasteiger charge is 2.25. The summed E-state index contributed by atoms with van der Waals surface area (Å²) in [5.41, 5.74) is 4.55. The molecule has 0 saturated heterocycles. The number of nitrogens with zero attached hydrogens (tertiary/aromatic N) is 4. The highest BCUT2D eigenvalue weighted by atomic mass is 35.5. The molecule has 2 aromatic carbocycles. The Morgan fingerprint density at radius 1 is 1.21 bits per heavy atom. The molecule has 1 amide bonds. The van der Waals surface area contributed by atoms with Crippen LogP contribution in [0.2, 0.25) is 5.02 Å². The maximum absolute atomic E-state index is 14.2. The van der Waals surface area contributed by atoms with Gasteiger partial charge in [0.05, 0.1) is 39.7 Å². The number of imidazole rings is 1. The molecule has 3 aromatic heterocycles. The van der Waals surface area contributed by atoms with Gasteiger partial charge in [-0.05, 0) is 37.1 Å². The second-order valence-corrected chi connectivity index (χ2v) is 8.71. The molecule has 0 aliphatic heterocycles. The first-order valence-electron chi connectivity index (χ1n) is 10.9. The van der Waals surface area contributed by atoms with Crippen molar-refractivity contribution in [2.45, 2.75) is 25.4 Å². The van der Waals surface area contributed by atoms with Crippen molar-refractivity contribution in [1.29, 1.82) is 0 Å². The lowest BCUT2D eigenvalue weighted by Crippen LogP contribution is -2.25. The average molecular weight is 476 g/mol. The van der Waals surface area contributed by atoms with Crippen molar-refractivity contribution in [3.05, 3.63) is 77.0 Å². The predicted octanol–water partition coefficient (Wildman–Crippen LogP) is 4.57. The Morgan fingerprint density at radius 2 is 2.09 bits per heavy atom. The summed E-state index contributed by atoms with van der Waals surface area (Å²) in [6.07, 6.45) is 7.21. The first-order chi connectivity index (χ1) is 16.6. The lowest BCUT2D eigenvalue weighted by atomic mass is 10.1. The lowest BCUT2D eigenvalue weighted by molar-refractivity contribution is 0.0951. The molecule has 0 bridgehead atoms. The van der Waals surface area contributed by atoms with Crippen LogP contribution >= 0.6 is 11.6 Å². The Bertz CT molecular complexity index is 1540. The predicted molar refractivity (Wildman–Crippen MR) is 127 cm³/mol. The molecule has 1 saturated carbocycles. The molecule has 3 N–H and O–H groups in total. The number of benzene rings is 2. The van der Waals surface area contributed by atoms with Crippen LogP contribution in [-0.4, -0.2) is 36.5 Å². The van der Waals surface area contributed by atoms with Gasteiger partial charge in [-0.1, -0.05) is 17.7 Å². The number of aromatic nitrogens is 5. The van der Waals surface area contributed by atoms with E-state index in [0.717, 1.165) is 24.0 Å². The number of amides is 1. The van der Waals surface area contributed by atoms with Gasteiger partial charge in [0.2, 0.25) is 0 Å². The minimum Gasteiger partial charge on any atom is -0.363 e. The molecule has 10 heteroatoms. The van der Waals surface area contributed by atoms with Crippen LogP contribution in [0.15, 0.2) is 55.0 Å². The Balaban J connectivity index is 1.46. The van der Waals surface area contributed by atoms with Gasteiger partial charge in [-0.2, -0.15) is 5.10 Å². The Morgan fingerprint density at radius 3 is 2.85 bits per heavy atom.